The van der Waals surface area contributed by atoms with Gasteiger partial charge in [0.25, 0.3) is 0 Å². The minimum absolute atomic E-state index is 0.0554. The number of hydrogen-bond donors (Lipinski definition) is 3. The molecule has 8 nitrogen and oxygen atoms in total. The molecule has 1 unspecified atom stereocenters. The molecule has 3 N–H and O–H groups in total. The van der Waals surface area contributed by atoms with E-state index < -0.39 is 0 Å². The molecular weight excluding hydrogens is 399 g/mol. The summed E-state index contributed by atoms with van der Waals surface area (Å²) in [6, 6.07) is 8.91. The van der Waals surface area contributed by atoms with Gasteiger partial charge in [-0.2, -0.15) is 0 Å². The molecule has 2 aromatic rings. The zero-order valence-electron chi connectivity index (χ0n) is 17.5. The first-order valence-electron chi connectivity index (χ1n) is 10.5. The van der Waals surface area contributed by atoms with Crippen LogP contribution in [0.2, 0.25) is 0 Å². The highest BCUT2D eigenvalue weighted by molar-refractivity contribution is 5.94. The number of fused-ring (bicyclic) bond motifs is 1. The monoisotopic (exact) mass is 426 g/mol. The van der Waals surface area contributed by atoms with E-state index in [2.05, 4.69) is 25.9 Å². The maximum absolute atomic E-state index is 14.0. The van der Waals surface area contributed by atoms with E-state index in [-0.39, 0.29) is 17.8 Å². The van der Waals surface area contributed by atoms with Gasteiger partial charge in [-0.1, -0.05) is 0 Å². The number of halogens is 1. The van der Waals surface area contributed by atoms with Crippen LogP contribution in [0, 0.1) is 5.82 Å². The highest BCUT2D eigenvalue weighted by Crippen LogP contribution is 2.26. The van der Waals surface area contributed by atoms with Crippen molar-refractivity contribution in [1.82, 2.24) is 15.6 Å². The molecule has 1 fully saturated rings. The van der Waals surface area contributed by atoms with E-state index in [1.807, 2.05) is 23.1 Å². The second-order valence-electron chi connectivity index (χ2n) is 7.60. The second kappa shape index (κ2) is 9.63. The highest BCUT2D eigenvalue weighted by atomic mass is 19.1. The standard InChI is InChI=1S/C22H27FN6O2/c1-24-22(27-16-8-11-29(14-16)21-18(23)3-2-9-25-21)26-10-12-31-17-5-6-19-15(13-17)4-7-20(30)28-19/h2-3,5-6,9,13,16H,4,7-8,10-12,14H2,1H3,(H,28,30)(H2,24,26,27). The van der Waals surface area contributed by atoms with Crippen LogP contribution >= 0.6 is 0 Å². The molecule has 31 heavy (non-hydrogen) atoms. The molecule has 3 heterocycles. The van der Waals surface area contributed by atoms with Gasteiger partial charge in [-0.3, -0.25) is 9.79 Å². The zero-order chi connectivity index (χ0) is 21.6. The van der Waals surface area contributed by atoms with Crippen molar-refractivity contribution >= 4 is 23.4 Å². The molecule has 1 aromatic carbocycles. The van der Waals surface area contributed by atoms with Gasteiger partial charge in [0.1, 0.15) is 12.4 Å². The van der Waals surface area contributed by atoms with Crippen LogP contribution in [0.15, 0.2) is 41.5 Å². The number of nitrogens with one attached hydrogen (secondary N) is 3. The summed E-state index contributed by atoms with van der Waals surface area (Å²) in [6.45, 7) is 2.46. The fourth-order valence-corrected chi connectivity index (χ4v) is 3.86. The number of benzene rings is 1. The summed E-state index contributed by atoms with van der Waals surface area (Å²) >= 11 is 0. The lowest BCUT2D eigenvalue weighted by Crippen LogP contribution is -2.45. The number of ether oxygens (including phenoxy) is 1. The van der Waals surface area contributed by atoms with Gasteiger partial charge in [-0.15, -0.1) is 0 Å². The Morgan fingerprint density at radius 2 is 2.29 bits per heavy atom. The van der Waals surface area contributed by atoms with Crippen molar-refractivity contribution in [2.75, 3.05) is 43.5 Å². The van der Waals surface area contributed by atoms with E-state index >= 15 is 0 Å². The van der Waals surface area contributed by atoms with E-state index in [1.165, 1.54) is 6.07 Å². The van der Waals surface area contributed by atoms with Crippen LogP contribution in [0.5, 0.6) is 5.75 Å². The number of hydrogen-bond acceptors (Lipinski definition) is 5. The first kappa shape index (κ1) is 20.9. The zero-order valence-corrected chi connectivity index (χ0v) is 17.5. The topological polar surface area (TPSA) is 90.9 Å². The number of nitrogens with zero attached hydrogens (tertiary/aromatic N) is 3. The summed E-state index contributed by atoms with van der Waals surface area (Å²) in [7, 11) is 1.72. The molecule has 1 amide bonds. The van der Waals surface area contributed by atoms with E-state index in [9.17, 15) is 9.18 Å². The van der Waals surface area contributed by atoms with Crippen molar-refractivity contribution in [3.05, 3.63) is 47.9 Å². The third-order valence-electron chi connectivity index (χ3n) is 5.43. The Hall–Kier alpha value is -3.36. The SMILES string of the molecule is CN=C(NCCOc1ccc2c(c1)CCC(=O)N2)NC1CCN(c2ncccc2F)C1. The van der Waals surface area contributed by atoms with Crippen LogP contribution in [-0.2, 0) is 11.2 Å². The van der Waals surface area contributed by atoms with Crippen molar-refractivity contribution in [3.8, 4) is 5.75 Å². The summed E-state index contributed by atoms with van der Waals surface area (Å²) in [5.74, 6) is 1.62. The van der Waals surface area contributed by atoms with E-state index in [0.717, 1.165) is 36.4 Å². The largest absolute Gasteiger partial charge is 0.492 e. The van der Waals surface area contributed by atoms with Gasteiger partial charge in [0.15, 0.2) is 17.6 Å². The molecule has 0 aliphatic carbocycles. The summed E-state index contributed by atoms with van der Waals surface area (Å²) in [5, 5.41) is 9.50. The van der Waals surface area contributed by atoms with Gasteiger partial charge in [-0.25, -0.2) is 9.37 Å². The maximum atomic E-state index is 14.0. The van der Waals surface area contributed by atoms with Crippen molar-refractivity contribution < 1.29 is 13.9 Å². The molecule has 0 radical (unpaired) electrons. The summed E-state index contributed by atoms with van der Waals surface area (Å²) < 4.78 is 19.8. The Kier molecular flexibility index (Phi) is 6.49. The molecule has 2 aliphatic rings. The van der Waals surface area contributed by atoms with E-state index in [1.54, 1.807) is 19.3 Å². The lowest BCUT2D eigenvalue weighted by atomic mass is 10.0. The fourth-order valence-electron chi connectivity index (χ4n) is 3.86. The average molecular weight is 426 g/mol. The van der Waals surface area contributed by atoms with Crippen LogP contribution in [0.3, 0.4) is 0 Å². The maximum Gasteiger partial charge on any atom is 0.224 e. The van der Waals surface area contributed by atoms with Gasteiger partial charge in [0.05, 0.1) is 6.54 Å². The van der Waals surface area contributed by atoms with Gasteiger partial charge in [0, 0.05) is 44.5 Å². The highest BCUT2D eigenvalue weighted by Gasteiger charge is 2.25. The first-order valence-corrected chi connectivity index (χ1v) is 10.5. The van der Waals surface area contributed by atoms with Crippen molar-refractivity contribution in [2.45, 2.75) is 25.3 Å². The van der Waals surface area contributed by atoms with Crippen LogP contribution in [-0.4, -0.2) is 56.2 Å². The van der Waals surface area contributed by atoms with E-state index in [4.69, 9.17) is 4.74 Å². The van der Waals surface area contributed by atoms with Crippen LogP contribution in [0.1, 0.15) is 18.4 Å². The number of rotatable bonds is 6. The Balaban J connectivity index is 1.21. The molecular formula is C22H27FN6O2. The van der Waals surface area contributed by atoms with Crippen LogP contribution in [0.25, 0.3) is 0 Å². The van der Waals surface area contributed by atoms with E-state index in [0.29, 0.717) is 37.9 Å². The summed E-state index contributed by atoms with van der Waals surface area (Å²) in [4.78, 5) is 21.8. The molecule has 9 heteroatoms. The Bertz CT molecular complexity index is 967. The average Bonchev–Trinajstić information content (AvgIpc) is 3.24. The quantitative estimate of drug-likeness (QED) is 0.372. The second-order valence-corrected chi connectivity index (χ2v) is 7.60. The lowest BCUT2D eigenvalue weighted by Gasteiger charge is -2.20. The van der Waals surface area contributed by atoms with Crippen LogP contribution < -0.4 is 25.6 Å². The van der Waals surface area contributed by atoms with Gasteiger partial charge in [-0.05, 0) is 48.7 Å². The smallest absolute Gasteiger partial charge is 0.224 e. The molecule has 164 valence electrons. The predicted molar refractivity (Wildman–Crippen MR) is 118 cm³/mol. The number of pyridine rings is 1. The molecule has 2 aliphatic heterocycles. The first-order chi connectivity index (χ1) is 15.1. The molecule has 1 aromatic heterocycles. The van der Waals surface area contributed by atoms with Gasteiger partial charge < -0.3 is 25.6 Å². The normalized spacial score (nSPS) is 18.4. The third-order valence-corrected chi connectivity index (χ3v) is 5.43. The van der Waals surface area contributed by atoms with Crippen molar-refractivity contribution in [1.29, 1.82) is 0 Å². The van der Waals surface area contributed by atoms with Crippen molar-refractivity contribution in [3.63, 3.8) is 0 Å². The number of anilines is 2. The molecule has 0 spiro atoms. The third kappa shape index (κ3) is 5.22. The number of aliphatic imine (C=N–C) groups is 1. The van der Waals surface area contributed by atoms with Gasteiger partial charge >= 0.3 is 0 Å². The van der Waals surface area contributed by atoms with Crippen molar-refractivity contribution in [2.24, 2.45) is 4.99 Å². The summed E-state index contributed by atoms with van der Waals surface area (Å²) in [5.41, 5.74) is 1.96. The van der Waals surface area contributed by atoms with Gasteiger partial charge in [0.2, 0.25) is 5.91 Å². The Morgan fingerprint density at radius 3 is 3.13 bits per heavy atom. The molecule has 0 saturated carbocycles. The lowest BCUT2D eigenvalue weighted by molar-refractivity contribution is -0.116. The number of amides is 1. The predicted octanol–water partition coefficient (Wildman–Crippen LogP) is 1.93. The molecule has 1 atom stereocenters. The summed E-state index contributed by atoms with van der Waals surface area (Å²) in [6.07, 6.45) is 3.72. The van der Waals surface area contributed by atoms with Crippen LogP contribution in [0.4, 0.5) is 15.9 Å². The molecule has 0 bridgehead atoms. The minimum atomic E-state index is -0.299. The number of carbonyl (C=O) groups excluding carboxylic acids is 1. The number of carbonyl (C=O) groups is 1. The Labute approximate surface area is 180 Å². The Morgan fingerprint density at radius 1 is 1.39 bits per heavy atom. The minimum Gasteiger partial charge on any atom is -0.492 e. The molecule has 4 rings (SSSR count). The molecule has 1 saturated heterocycles. The fraction of sp³-hybridized carbons (Fsp3) is 0.409. The number of aromatic nitrogens is 1. The number of guanidine groups is 1. The number of aryl methyl sites for hydroxylation is 1.